The first-order chi connectivity index (χ1) is 12.0. The number of fused-ring (bicyclic) bond motifs is 1. The third-order valence-corrected chi connectivity index (χ3v) is 5.54. The summed E-state index contributed by atoms with van der Waals surface area (Å²) in [6.07, 6.45) is 4.49. The number of hydrogen-bond donors (Lipinski definition) is 2. The van der Waals surface area contributed by atoms with Gasteiger partial charge in [0.25, 0.3) is 11.5 Å². The molecule has 1 aliphatic carbocycles. The molecule has 2 N–H and O–H groups in total. The van der Waals surface area contributed by atoms with Crippen LogP contribution in [0.3, 0.4) is 0 Å². The van der Waals surface area contributed by atoms with Crippen molar-refractivity contribution >= 4 is 29.0 Å². The Bertz CT molecular complexity index is 945. The number of carbonyl (C=O) groups excluding carboxylic acids is 1. The summed E-state index contributed by atoms with van der Waals surface area (Å²) in [4.78, 5) is 27.8. The van der Waals surface area contributed by atoms with Crippen molar-refractivity contribution in [2.75, 3.05) is 6.61 Å². The largest absolute Gasteiger partial charge is 0.378 e. The van der Waals surface area contributed by atoms with Crippen LogP contribution in [0.2, 0.25) is 0 Å². The number of hydrogen-bond acceptors (Lipinski definition) is 4. The average molecular weight is 359 g/mol. The molecular weight excluding hydrogens is 338 g/mol. The zero-order valence-electron chi connectivity index (χ0n) is 14.1. The number of nitrogens with one attached hydrogen (secondary N) is 2. The number of H-pyrrole nitrogens is 1. The van der Waals surface area contributed by atoms with Gasteiger partial charge in [-0.25, -0.2) is 0 Å². The third kappa shape index (κ3) is 3.26. The summed E-state index contributed by atoms with van der Waals surface area (Å²) in [7, 11) is 1.63. The molecule has 0 bridgehead atoms. The first-order valence-corrected chi connectivity index (χ1v) is 9.09. The minimum atomic E-state index is -0.164. The van der Waals surface area contributed by atoms with Crippen molar-refractivity contribution in [3.63, 3.8) is 0 Å². The molecular formula is C18H21N3O3S. The highest BCUT2D eigenvalue weighted by Crippen LogP contribution is 2.38. The Morgan fingerprint density at radius 3 is 2.92 bits per heavy atom. The van der Waals surface area contributed by atoms with Crippen molar-refractivity contribution < 1.29 is 9.53 Å². The van der Waals surface area contributed by atoms with Crippen molar-refractivity contribution in [2.45, 2.75) is 37.8 Å². The van der Waals surface area contributed by atoms with E-state index >= 15 is 0 Å². The van der Waals surface area contributed by atoms with Crippen LogP contribution in [-0.2, 0) is 11.8 Å². The SMILES string of the molecule is Cn1c(=S)[nH]c2cc(C(=O)N[C@@H]3CCO[C@H](C4CC4)C3)ccc2c1=O. The van der Waals surface area contributed by atoms with E-state index in [1.165, 1.54) is 17.4 Å². The maximum atomic E-state index is 12.6. The molecule has 0 unspecified atom stereocenters. The van der Waals surface area contributed by atoms with Gasteiger partial charge >= 0.3 is 0 Å². The van der Waals surface area contributed by atoms with Crippen LogP contribution in [0.15, 0.2) is 23.0 Å². The van der Waals surface area contributed by atoms with Gasteiger partial charge in [-0.05, 0) is 62.0 Å². The van der Waals surface area contributed by atoms with Crippen LogP contribution >= 0.6 is 12.2 Å². The number of benzene rings is 1. The Morgan fingerprint density at radius 1 is 1.36 bits per heavy atom. The first kappa shape index (κ1) is 16.5. The van der Waals surface area contributed by atoms with E-state index in [9.17, 15) is 9.59 Å². The summed E-state index contributed by atoms with van der Waals surface area (Å²) >= 11 is 5.14. The molecule has 2 fully saturated rings. The van der Waals surface area contributed by atoms with Crippen LogP contribution in [-0.4, -0.2) is 34.2 Å². The predicted octanol–water partition coefficient (Wildman–Crippen LogP) is 2.28. The lowest BCUT2D eigenvalue weighted by Crippen LogP contribution is -2.42. The van der Waals surface area contributed by atoms with Gasteiger partial charge in [0.15, 0.2) is 4.77 Å². The molecule has 1 saturated heterocycles. The fourth-order valence-electron chi connectivity index (χ4n) is 3.47. The Balaban J connectivity index is 1.54. The van der Waals surface area contributed by atoms with Gasteiger partial charge < -0.3 is 15.0 Å². The molecule has 1 amide bonds. The van der Waals surface area contributed by atoms with Crippen LogP contribution in [0.4, 0.5) is 0 Å². The monoisotopic (exact) mass is 359 g/mol. The summed E-state index contributed by atoms with van der Waals surface area (Å²) in [5.74, 6) is 0.556. The highest BCUT2D eigenvalue weighted by atomic mass is 32.1. The fourth-order valence-corrected chi connectivity index (χ4v) is 3.66. The van der Waals surface area contributed by atoms with Crippen molar-refractivity contribution in [2.24, 2.45) is 13.0 Å². The molecule has 0 spiro atoms. The molecule has 0 radical (unpaired) electrons. The second-order valence-electron chi connectivity index (χ2n) is 7.00. The molecule has 1 aromatic carbocycles. The van der Waals surface area contributed by atoms with Crippen LogP contribution < -0.4 is 10.9 Å². The molecule has 132 valence electrons. The maximum absolute atomic E-state index is 12.6. The van der Waals surface area contributed by atoms with E-state index in [4.69, 9.17) is 17.0 Å². The van der Waals surface area contributed by atoms with Crippen molar-refractivity contribution in [1.29, 1.82) is 0 Å². The number of carbonyl (C=O) groups is 1. The van der Waals surface area contributed by atoms with E-state index in [0.717, 1.165) is 12.8 Å². The topological polar surface area (TPSA) is 76.1 Å². The normalized spacial score (nSPS) is 23.6. The molecule has 7 heteroatoms. The fraction of sp³-hybridized carbons (Fsp3) is 0.500. The quantitative estimate of drug-likeness (QED) is 0.825. The Labute approximate surface area is 150 Å². The molecule has 25 heavy (non-hydrogen) atoms. The Hall–Kier alpha value is -1.99. The van der Waals surface area contributed by atoms with E-state index in [-0.39, 0.29) is 23.6 Å². The third-order valence-electron chi connectivity index (χ3n) is 5.16. The molecule has 1 saturated carbocycles. The van der Waals surface area contributed by atoms with E-state index in [1.807, 2.05) is 0 Å². The second-order valence-corrected chi connectivity index (χ2v) is 7.38. The summed E-state index contributed by atoms with van der Waals surface area (Å²) in [5, 5.41) is 3.63. The number of nitrogens with zero attached hydrogens (tertiary/aromatic N) is 1. The highest BCUT2D eigenvalue weighted by Gasteiger charge is 2.36. The minimum Gasteiger partial charge on any atom is -0.378 e. The number of ether oxygens (including phenoxy) is 1. The minimum absolute atomic E-state index is 0.122. The Morgan fingerprint density at radius 2 is 2.16 bits per heavy atom. The maximum Gasteiger partial charge on any atom is 0.261 e. The zero-order valence-corrected chi connectivity index (χ0v) is 14.9. The van der Waals surface area contributed by atoms with E-state index < -0.39 is 0 Å². The van der Waals surface area contributed by atoms with Crippen molar-refractivity contribution in [1.82, 2.24) is 14.9 Å². The van der Waals surface area contributed by atoms with Crippen LogP contribution in [0.25, 0.3) is 10.9 Å². The number of aromatic amines is 1. The van der Waals surface area contributed by atoms with Gasteiger partial charge in [0, 0.05) is 25.3 Å². The number of rotatable bonds is 3. The summed E-state index contributed by atoms with van der Waals surface area (Å²) in [6.45, 7) is 0.701. The predicted molar refractivity (Wildman–Crippen MR) is 97.3 cm³/mol. The van der Waals surface area contributed by atoms with Gasteiger partial charge in [-0.15, -0.1) is 0 Å². The number of amides is 1. The zero-order chi connectivity index (χ0) is 17.6. The Kier molecular flexibility index (Phi) is 4.21. The van der Waals surface area contributed by atoms with Crippen LogP contribution in [0.5, 0.6) is 0 Å². The smallest absolute Gasteiger partial charge is 0.261 e. The lowest BCUT2D eigenvalue weighted by Gasteiger charge is -2.30. The molecule has 4 rings (SSSR count). The standard InChI is InChI=1S/C18H21N3O3S/c1-21-17(23)13-5-4-11(8-14(13)20-18(21)25)16(22)19-12-6-7-24-15(9-12)10-2-3-10/h4-5,8,10,12,15H,2-3,6-7,9H2,1H3,(H,19,22)(H,20,25)/t12-,15+/m1/s1. The van der Waals surface area contributed by atoms with Crippen molar-refractivity contribution in [3.05, 3.63) is 38.9 Å². The summed E-state index contributed by atoms with van der Waals surface area (Å²) in [6, 6.07) is 5.20. The molecule has 6 nitrogen and oxygen atoms in total. The van der Waals surface area contributed by atoms with E-state index in [2.05, 4.69) is 10.3 Å². The molecule has 1 aliphatic heterocycles. The van der Waals surface area contributed by atoms with Crippen molar-refractivity contribution in [3.8, 4) is 0 Å². The highest BCUT2D eigenvalue weighted by molar-refractivity contribution is 7.71. The average Bonchev–Trinajstić information content (AvgIpc) is 3.45. The molecule has 2 heterocycles. The lowest BCUT2D eigenvalue weighted by atomic mass is 9.99. The molecule has 2 aromatic rings. The van der Waals surface area contributed by atoms with Gasteiger partial charge in [0.2, 0.25) is 0 Å². The van der Waals surface area contributed by atoms with Gasteiger partial charge in [-0.1, -0.05) is 0 Å². The summed E-state index contributed by atoms with van der Waals surface area (Å²) < 4.78 is 7.54. The first-order valence-electron chi connectivity index (χ1n) is 8.68. The second kappa shape index (κ2) is 6.38. The lowest BCUT2D eigenvalue weighted by molar-refractivity contribution is -0.0102. The van der Waals surface area contributed by atoms with Gasteiger partial charge in [0.1, 0.15) is 0 Å². The van der Waals surface area contributed by atoms with Gasteiger partial charge in [-0.3, -0.25) is 14.2 Å². The van der Waals surface area contributed by atoms with E-state index in [0.29, 0.717) is 33.8 Å². The van der Waals surface area contributed by atoms with Gasteiger partial charge in [0.05, 0.1) is 17.0 Å². The van der Waals surface area contributed by atoms with E-state index in [1.54, 1.807) is 25.2 Å². The molecule has 2 aliphatic rings. The van der Waals surface area contributed by atoms with Crippen LogP contribution in [0, 0.1) is 10.7 Å². The van der Waals surface area contributed by atoms with Gasteiger partial charge in [-0.2, -0.15) is 0 Å². The molecule has 2 atom stereocenters. The molecule has 1 aromatic heterocycles. The van der Waals surface area contributed by atoms with Crippen LogP contribution in [0.1, 0.15) is 36.0 Å². The number of aromatic nitrogens is 2. The summed E-state index contributed by atoms with van der Waals surface area (Å²) in [5.41, 5.74) is 0.951.